The molecule has 0 aromatic rings. The molecule has 0 aromatic carbocycles. The van der Waals surface area contributed by atoms with Gasteiger partial charge in [0.2, 0.25) is 27.7 Å². The number of nitrogens with one attached hydrogen (secondary N) is 4. The lowest BCUT2D eigenvalue weighted by molar-refractivity contribution is -0.145. The van der Waals surface area contributed by atoms with Gasteiger partial charge in [0.05, 0.1) is 18.5 Å². The fraction of sp³-hybridized carbons (Fsp3) is 0.884. The second-order valence-electron chi connectivity index (χ2n) is 20.7. The monoisotopic (exact) mass is 831 g/mol. The molecular formula is C43H69N5O9S. The highest BCUT2D eigenvalue weighted by molar-refractivity contribution is 7.91. The molecule has 4 N–H and O–H groups in total. The van der Waals surface area contributed by atoms with Gasteiger partial charge in [0.1, 0.15) is 29.8 Å². The van der Waals surface area contributed by atoms with Gasteiger partial charge in [-0.25, -0.2) is 13.2 Å². The summed E-state index contributed by atoms with van der Waals surface area (Å²) < 4.78 is 39.4. The van der Waals surface area contributed by atoms with Gasteiger partial charge in [0.25, 0.3) is 5.91 Å². The number of likely N-dealkylation sites (tertiary alicyclic amines) is 1. The third-order valence-corrected chi connectivity index (χ3v) is 17.2. The highest BCUT2D eigenvalue weighted by atomic mass is 32.2. The summed E-state index contributed by atoms with van der Waals surface area (Å²) in [5.41, 5.74) is -2.68. The number of hydrogen-bond donors (Lipinski definition) is 4. The van der Waals surface area contributed by atoms with Gasteiger partial charge in [-0.3, -0.25) is 23.9 Å². The van der Waals surface area contributed by atoms with E-state index in [9.17, 15) is 27.6 Å². The van der Waals surface area contributed by atoms with Crippen LogP contribution in [0, 0.1) is 39.9 Å². The quantitative estimate of drug-likeness (QED) is 0.192. The highest BCUT2D eigenvalue weighted by Gasteiger charge is 2.68. The van der Waals surface area contributed by atoms with Crippen LogP contribution in [0.1, 0.15) is 144 Å². The normalized spacial score (nSPS) is 31.4. The lowest BCUT2D eigenvalue weighted by Gasteiger charge is -2.55. The molecule has 0 unspecified atom stereocenters. The number of nitrogens with zero attached hydrogens (tertiary/aromatic N) is 1. The van der Waals surface area contributed by atoms with Gasteiger partial charge in [-0.2, -0.15) is 0 Å². The van der Waals surface area contributed by atoms with Gasteiger partial charge in [-0.05, 0) is 104 Å². The number of amides is 5. The van der Waals surface area contributed by atoms with E-state index < -0.39 is 73.6 Å². The first kappa shape index (κ1) is 43.2. The van der Waals surface area contributed by atoms with Crippen molar-refractivity contribution in [1.29, 1.82) is 0 Å². The minimum atomic E-state index is -3.85. The molecule has 5 aliphatic carbocycles. The van der Waals surface area contributed by atoms with Crippen LogP contribution < -0.4 is 20.7 Å². The number of carbonyl (C=O) groups is 5. The summed E-state index contributed by atoms with van der Waals surface area (Å²) in [6.07, 6.45) is 11.2. The maximum absolute atomic E-state index is 15.3. The number of ether oxygens (including phenoxy) is 2. The summed E-state index contributed by atoms with van der Waals surface area (Å²) >= 11 is 0. The standard InChI is InChI=1S/C43H69N5O9S/c1-26(2)42(41(6)19-10-20-41)24-32(35(49)46-43(23-31(43)27-13-14-27)38(52)47-58(54,55)30-15-16-30)48(25-42)37(51)34(40(3,4)5)45-36(50)33(28-11-8-7-9-12-28)44-39(53)57-29-17-21-56-22-18-29/h26-34H,7-25H2,1-6H3,(H,44,53)(H,45,50)(H,46,49)(H,47,52)/t31-,32-,33-,34+,42+,43+/m0/s1. The van der Waals surface area contributed by atoms with Crippen LogP contribution in [0.25, 0.3) is 0 Å². The van der Waals surface area contributed by atoms with Gasteiger partial charge in [-0.1, -0.05) is 67.2 Å². The largest absolute Gasteiger partial charge is 0.446 e. The zero-order valence-electron chi connectivity index (χ0n) is 35.7. The van der Waals surface area contributed by atoms with Crippen molar-refractivity contribution in [3.63, 3.8) is 0 Å². The van der Waals surface area contributed by atoms with Crippen LogP contribution in [0.15, 0.2) is 0 Å². The summed E-state index contributed by atoms with van der Waals surface area (Å²) in [4.78, 5) is 73.5. The Morgan fingerprint density at radius 3 is 2.05 bits per heavy atom. The average Bonchev–Trinajstić information content (AvgIpc) is 4.04. The van der Waals surface area contributed by atoms with Gasteiger partial charge in [-0.15, -0.1) is 0 Å². The molecule has 5 amide bonds. The second kappa shape index (κ2) is 16.2. The second-order valence-corrected chi connectivity index (χ2v) is 22.7. The molecule has 58 heavy (non-hydrogen) atoms. The minimum absolute atomic E-state index is 0.108. The molecule has 2 heterocycles. The van der Waals surface area contributed by atoms with E-state index in [0.717, 1.165) is 64.2 Å². The zero-order chi connectivity index (χ0) is 41.8. The van der Waals surface area contributed by atoms with E-state index in [1.54, 1.807) is 4.90 Å². The number of hydrogen-bond acceptors (Lipinski definition) is 9. The van der Waals surface area contributed by atoms with Gasteiger partial charge >= 0.3 is 6.09 Å². The smallest absolute Gasteiger partial charge is 0.408 e. The SMILES string of the molecule is CC(C)[C@@]1(C2(C)CCC2)C[C@@H](C(=O)N[C@]2(C(=O)NS(=O)(=O)C3CC3)C[C@H]2C2CC2)N(C(=O)[C@@H](NC(=O)[C@@H](NC(=O)OC2CCOCC2)C2CCCCC2)C(C)(C)C)C1. The van der Waals surface area contributed by atoms with Crippen molar-refractivity contribution >= 4 is 39.7 Å². The van der Waals surface area contributed by atoms with Gasteiger partial charge < -0.3 is 30.3 Å². The van der Waals surface area contributed by atoms with Crippen molar-refractivity contribution in [3.05, 3.63) is 0 Å². The predicted molar refractivity (Wildman–Crippen MR) is 216 cm³/mol. The lowest BCUT2D eigenvalue weighted by Crippen LogP contribution is -2.62. The van der Waals surface area contributed by atoms with Crippen molar-refractivity contribution in [2.45, 2.75) is 179 Å². The fourth-order valence-corrected chi connectivity index (χ4v) is 12.3. The third kappa shape index (κ3) is 8.63. The first-order valence-electron chi connectivity index (χ1n) is 22.3. The van der Waals surface area contributed by atoms with Crippen LogP contribution in [0.2, 0.25) is 0 Å². The van der Waals surface area contributed by atoms with E-state index in [1.165, 1.54) is 0 Å². The average molecular weight is 832 g/mol. The van der Waals surface area contributed by atoms with Gasteiger partial charge in [0.15, 0.2) is 0 Å². The molecule has 0 spiro atoms. The molecule has 7 aliphatic rings. The van der Waals surface area contributed by atoms with Crippen LogP contribution in [0.4, 0.5) is 4.79 Å². The summed E-state index contributed by atoms with van der Waals surface area (Å²) in [5.74, 6) is -1.94. The van der Waals surface area contributed by atoms with E-state index in [2.05, 4.69) is 41.4 Å². The van der Waals surface area contributed by atoms with Crippen molar-refractivity contribution < 1.29 is 41.9 Å². The topological polar surface area (TPSA) is 189 Å². The van der Waals surface area contributed by atoms with Crippen LogP contribution in [-0.4, -0.2) is 97.8 Å². The molecule has 6 atom stereocenters. The Bertz CT molecular complexity index is 1710. The highest BCUT2D eigenvalue weighted by Crippen LogP contribution is 2.63. The van der Waals surface area contributed by atoms with Crippen molar-refractivity contribution in [1.82, 2.24) is 25.6 Å². The summed E-state index contributed by atoms with van der Waals surface area (Å²) in [7, 11) is -3.85. The number of alkyl carbamates (subject to hydrolysis) is 1. The van der Waals surface area contributed by atoms with E-state index in [-0.39, 0.29) is 41.1 Å². The molecule has 5 saturated carbocycles. The third-order valence-electron chi connectivity index (χ3n) is 15.4. The number of sulfonamides is 1. The predicted octanol–water partition coefficient (Wildman–Crippen LogP) is 4.70. The molecular weight excluding hydrogens is 763 g/mol. The molecule has 7 fully saturated rings. The Hall–Kier alpha value is -2.94. The zero-order valence-corrected chi connectivity index (χ0v) is 36.5. The van der Waals surface area contributed by atoms with E-state index in [1.807, 2.05) is 20.8 Å². The fourth-order valence-electron chi connectivity index (χ4n) is 11.0. The molecule has 0 aromatic heterocycles. The van der Waals surface area contributed by atoms with Crippen molar-refractivity contribution in [2.75, 3.05) is 19.8 Å². The molecule has 326 valence electrons. The summed E-state index contributed by atoms with van der Waals surface area (Å²) in [6, 6.07) is -2.90. The Labute approximate surface area is 345 Å². The van der Waals surface area contributed by atoms with Crippen LogP contribution in [0.5, 0.6) is 0 Å². The van der Waals surface area contributed by atoms with E-state index in [0.29, 0.717) is 58.3 Å². The first-order valence-corrected chi connectivity index (χ1v) is 23.9. The Morgan fingerprint density at radius 1 is 0.845 bits per heavy atom. The Kier molecular flexibility index (Phi) is 12.0. The Morgan fingerprint density at radius 2 is 1.50 bits per heavy atom. The van der Waals surface area contributed by atoms with Crippen LogP contribution in [-0.2, 0) is 38.7 Å². The molecule has 15 heteroatoms. The first-order chi connectivity index (χ1) is 27.3. The molecule has 0 bridgehead atoms. The van der Waals surface area contributed by atoms with Gasteiger partial charge in [0, 0.05) is 19.4 Å². The maximum Gasteiger partial charge on any atom is 0.408 e. The molecule has 14 nitrogen and oxygen atoms in total. The molecule has 7 rings (SSSR count). The minimum Gasteiger partial charge on any atom is -0.446 e. The summed E-state index contributed by atoms with van der Waals surface area (Å²) in [6.45, 7) is 13.5. The molecule has 2 aliphatic heterocycles. The van der Waals surface area contributed by atoms with Crippen molar-refractivity contribution in [2.24, 2.45) is 39.9 Å². The van der Waals surface area contributed by atoms with Crippen LogP contribution >= 0.6 is 0 Å². The molecule has 0 radical (unpaired) electrons. The molecule has 2 saturated heterocycles. The van der Waals surface area contributed by atoms with Crippen LogP contribution in [0.3, 0.4) is 0 Å². The van der Waals surface area contributed by atoms with E-state index >= 15 is 4.79 Å². The van der Waals surface area contributed by atoms with E-state index in [4.69, 9.17) is 9.47 Å². The number of carbonyl (C=O) groups excluding carboxylic acids is 5. The number of rotatable bonds is 14. The van der Waals surface area contributed by atoms with Crippen molar-refractivity contribution in [3.8, 4) is 0 Å². The maximum atomic E-state index is 15.3. The Balaban J connectivity index is 1.16. The lowest BCUT2D eigenvalue weighted by atomic mass is 9.49. The summed E-state index contributed by atoms with van der Waals surface area (Å²) in [5, 5.41) is 8.48.